The van der Waals surface area contributed by atoms with Gasteiger partial charge in [-0.25, -0.2) is 19.0 Å². The van der Waals surface area contributed by atoms with Crippen LogP contribution in [-0.2, 0) is 20.7 Å². The number of phenols is 1. The maximum absolute atomic E-state index is 13.6. The second kappa shape index (κ2) is 14.8. The predicted molar refractivity (Wildman–Crippen MR) is 166 cm³/mol. The second-order valence-corrected chi connectivity index (χ2v) is 11.1. The van der Waals surface area contributed by atoms with E-state index in [2.05, 4.69) is 25.9 Å². The molecule has 2 aromatic heterocycles. The number of hydrogen-bond acceptors (Lipinski definition) is 11. The lowest BCUT2D eigenvalue weighted by atomic mass is 10.0. The van der Waals surface area contributed by atoms with Crippen LogP contribution >= 0.6 is 0 Å². The van der Waals surface area contributed by atoms with E-state index in [9.17, 15) is 24.6 Å². The van der Waals surface area contributed by atoms with Gasteiger partial charge in [-0.05, 0) is 61.7 Å². The Morgan fingerprint density at radius 2 is 1.54 bits per heavy atom. The molecule has 0 bridgehead atoms. The van der Waals surface area contributed by atoms with Crippen molar-refractivity contribution in [3.05, 3.63) is 66.0 Å². The molecular weight excluding hydrogens is 594 g/mol. The third-order valence-electron chi connectivity index (χ3n) is 7.89. The molecule has 1 amide bonds. The molecule has 0 radical (unpaired) electrons. The molecule has 1 fully saturated rings. The van der Waals surface area contributed by atoms with E-state index >= 15 is 0 Å². The van der Waals surface area contributed by atoms with Gasteiger partial charge in [0.25, 0.3) is 5.91 Å². The monoisotopic (exact) mass is 631 g/mol. The quantitative estimate of drug-likeness (QED) is 0.123. The highest BCUT2D eigenvalue weighted by atomic mass is 16.5. The highest BCUT2D eigenvalue weighted by Crippen LogP contribution is 2.29. The minimum atomic E-state index is -1.03. The van der Waals surface area contributed by atoms with Crippen LogP contribution in [0.4, 0.5) is 0 Å². The summed E-state index contributed by atoms with van der Waals surface area (Å²) in [4.78, 5) is 40.2. The molecule has 3 heterocycles. The van der Waals surface area contributed by atoms with Gasteiger partial charge in [-0.1, -0.05) is 22.6 Å². The van der Waals surface area contributed by atoms with Crippen LogP contribution in [0.25, 0.3) is 22.5 Å². The summed E-state index contributed by atoms with van der Waals surface area (Å²) in [5, 5.41) is 39.7. The molecule has 242 valence electrons. The smallest absolute Gasteiger partial charge is 0.331 e. The Morgan fingerprint density at radius 1 is 0.935 bits per heavy atom. The van der Waals surface area contributed by atoms with Crippen LogP contribution < -0.4 is 11.1 Å². The summed E-state index contributed by atoms with van der Waals surface area (Å²) in [6, 6.07) is 9.93. The van der Waals surface area contributed by atoms with Gasteiger partial charge in [0, 0.05) is 49.3 Å². The van der Waals surface area contributed by atoms with Crippen molar-refractivity contribution in [3.63, 3.8) is 0 Å². The van der Waals surface area contributed by atoms with Crippen LogP contribution in [0.3, 0.4) is 0 Å². The molecule has 15 nitrogen and oxygen atoms in total. The predicted octanol–water partition coefficient (Wildman–Crippen LogP) is 1.67. The number of hydrogen-bond donors (Lipinski definition) is 4. The van der Waals surface area contributed by atoms with E-state index in [4.69, 9.17) is 10.5 Å². The summed E-state index contributed by atoms with van der Waals surface area (Å²) in [5.74, 6) is -1.61. The lowest BCUT2D eigenvalue weighted by Gasteiger charge is -2.27. The number of amides is 1. The molecule has 0 spiro atoms. The Kier molecular flexibility index (Phi) is 10.3. The maximum Gasteiger partial charge on any atom is 0.331 e. The van der Waals surface area contributed by atoms with Gasteiger partial charge >= 0.3 is 11.9 Å². The number of nitrogens with zero attached hydrogens (tertiary/aromatic N) is 7. The van der Waals surface area contributed by atoms with E-state index in [1.54, 1.807) is 47.6 Å². The molecule has 0 saturated carbocycles. The van der Waals surface area contributed by atoms with Crippen LogP contribution in [0.2, 0.25) is 0 Å². The molecule has 15 heteroatoms. The topological polar surface area (TPSA) is 204 Å². The largest absolute Gasteiger partial charge is 0.508 e. The highest BCUT2D eigenvalue weighted by molar-refractivity contribution is 5.97. The first kappa shape index (κ1) is 32.2. The van der Waals surface area contributed by atoms with Gasteiger partial charge in [0.1, 0.15) is 17.1 Å². The lowest BCUT2D eigenvalue weighted by Crippen LogP contribution is -2.46. The van der Waals surface area contributed by atoms with Crippen molar-refractivity contribution in [2.24, 2.45) is 5.73 Å². The summed E-state index contributed by atoms with van der Waals surface area (Å²) in [6.45, 7) is 2.92. The van der Waals surface area contributed by atoms with Crippen molar-refractivity contribution >= 4 is 17.8 Å². The van der Waals surface area contributed by atoms with Crippen molar-refractivity contribution in [1.29, 1.82) is 0 Å². The molecule has 0 aliphatic carbocycles. The fourth-order valence-corrected chi connectivity index (χ4v) is 5.35. The second-order valence-electron chi connectivity index (χ2n) is 11.1. The number of carboxylic acid groups (broad SMARTS) is 1. The number of piperazine rings is 1. The first-order valence-electron chi connectivity index (χ1n) is 15.1. The summed E-state index contributed by atoms with van der Waals surface area (Å²) in [7, 11) is 1.29. The number of esters is 1. The molecule has 1 aliphatic heterocycles. The van der Waals surface area contributed by atoms with Gasteiger partial charge in [0.2, 0.25) is 0 Å². The first-order chi connectivity index (χ1) is 22.3. The lowest BCUT2D eigenvalue weighted by molar-refractivity contribution is -0.145. The molecule has 4 aromatic rings. The van der Waals surface area contributed by atoms with Crippen LogP contribution in [-0.4, -0.2) is 103 Å². The zero-order valence-corrected chi connectivity index (χ0v) is 25.5. The summed E-state index contributed by atoms with van der Waals surface area (Å²) < 4.78 is 7.77. The molecule has 2 aromatic carbocycles. The zero-order valence-electron chi connectivity index (χ0n) is 25.5. The van der Waals surface area contributed by atoms with Gasteiger partial charge in [0.15, 0.2) is 12.1 Å². The molecule has 46 heavy (non-hydrogen) atoms. The Bertz CT molecular complexity index is 1660. The molecule has 1 saturated heterocycles. The number of benzene rings is 2. The summed E-state index contributed by atoms with van der Waals surface area (Å²) >= 11 is 0. The summed E-state index contributed by atoms with van der Waals surface area (Å²) in [6.07, 6.45) is 5.06. The number of carbonyl (C=O) groups excluding carboxylic acids is 2. The molecular formula is C31H37N9O6. The normalized spacial score (nSPS) is 14.5. The van der Waals surface area contributed by atoms with Gasteiger partial charge in [-0.2, -0.15) is 0 Å². The number of aliphatic carboxylic acids is 1. The third-order valence-corrected chi connectivity index (χ3v) is 7.89. The number of aromatic nitrogens is 6. The average Bonchev–Trinajstić information content (AvgIpc) is 3.77. The van der Waals surface area contributed by atoms with Crippen LogP contribution in [0.15, 0.2) is 54.9 Å². The minimum Gasteiger partial charge on any atom is -0.508 e. The van der Waals surface area contributed by atoms with Crippen molar-refractivity contribution in [3.8, 4) is 28.3 Å². The van der Waals surface area contributed by atoms with Crippen LogP contribution in [0, 0.1) is 0 Å². The van der Waals surface area contributed by atoms with Crippen molar-refractivity contribution < 1.29 is 29.3 Å². The van der Waals surface area contributed by atoms with E-state index in [1.165, 1.54) is 28.6 Å². The fraction of sp³-hybridized carbons (Fsp3) is 0.387. The van der Waals surface area contributed by atoms with E-state index in [0.717, 1.165) is 5.56 Å². The SMILES string of the molecule is COC(=O)[C@H](Cc1ccc(O)cc1)n1cc(-c2cc(C(=O)N3CCNCC3)cc(-c3cn([C@@H](CCCCN)C(=O)O)nn3)c2)nn1. The number of nitrogens with one attached hydrogen (secondary N) is 1. The van der Waals surface area contributed by atoms with Crippen LogP contribution in [0.1, 0.15) is 47.3 Å². The van der Waals surface area contributed by atoms with E-state index in [1.807, 2.05) is 0 Å². The average molecular weight is 632 g/mol. The molecule has 2 atom stereocenters. The Balaban J connectivity index is 1.51. The van der Waals surface area contributed by atoms with Gasteiger partial charge in [0.05, 0.1) is 19.5 Å². The maximum atomic E-state index is 13.6. The highest BCUT2D eigenvalue weighted by Gasteiger charge is 2.26. The third kappa shape index (κ3) is 7.55. The molecule has 5 rings (SSSR count). The Hall–Kier alpha value is -5.15. The number of methoxy groups -OCH3 is 1. The van der Waals surface area contributed by atoms with Gasteiger partial charge in [-0.3, -0.25) is 4.79 Å². The standard InChI is InChI=1S/C31H37N9O6/c1-46-31(45)28(14-20-5-7-24(41)8-6-20)40-19-26(35-37-40)22-15-21(16-23(17-22)29(42)38-12-10-33-11-13-38)25-18-39(36-34-25)27(30(43)44)4-2-3-9-32/h5-8,15-19,27-28,33,41H,2-4,9-14,32H2,1H3,(H,43,44)/t27-,28-/m0/s1. The number of ether oxygens (including phenoxy) is 1. The number of unbranched alkanes of at least 4 members (excludes halogenated alkanes) is 1. The number of aromatic hydroxyl groups is 1. The Morgan fingerprint density at radius 3 is 2.11 bits per heavy atom. The zero-order chi connectivity index (χ0) is 32.6. The number of nitrogens with two attached hydrogens (primary N) is 1. The molecule has 0 unspecified atom stereocenters. The number of carbonyl (C=O) groups is 3. The number of rotatable bonds is 13. The van der Waals surface area contributed by atoms with E-state index in [-0.39, 0.29) is 18.1 Å². The van der Waals surface area contributed by atoms with Crippen molar-refractivity contribution in [2.45, 2.75) is 37.8 Å². The Labute approximate surface area is 264 Å². The van der Waals surface area contributed by atoms with Crippen LogP contribution in [0.5, 0.6) is 5.75 Å². The molecule has 5 N–H and O–H groups in total. The number of phenolic OH excluding ortho intramolecular Hbond substituents is 1. The van der Waals surface area contributed by atoms with Crippen molar-refractivity contribution in [2.75, 3.05) is 39.8 Å². The fourth-order valence-electron chi connectivity index (χ4n) is 5.35. The number of carboxylic acids is 1. The first-order valence-corrected chi connectivity index (χ1v) is 15.1. The van der Waals surface area contributed by atoms with Crippen molar-refractivity contribution in [1.82, 2.24) is 40.2 Å². The summed E-state index contributed by atoms with van der Waals surface area (Å²) in [5.41, 5.74) is 8.62. The van der Waals surface area contributed by atoms with Gasteiger partial charge in [-0.15, -0.1) is 10.2 Å². The van der Waals surface area contributed by atoms with E-state index < -0.39 is 24.0 Å². The van der Waals surface area contributed by atoms with Gasteiger partial charge < -0.3 is 30.9 Å². The van der Waals surface area contributed by atoms with E-state index in [0.29, 0.717) is 80.1 Å². The molecule has 1 aliphatic rings. The minimum absolute atomic E-state index is 0.109.